The van der Waals surface area contributed by atoms with Gasteiger partial charge in [-0.25, -0.2) is 4.39 Å². The van der Waals surface area contributed by atoms with Crippen molar-refractivity contribution in [2.75, 3.05) is 6.61 Å². The first-order valence-corrected chi connectivity index (χ1v) is 6.33. The number of amides is 1. The molecule has 5 heteroatoms. The van der Waals surface area contributed by atoms with Crippen molar-refractivity contribution in [3.63, 3.8) is 0 Å². The van der Waals surface area contributed by atoms with Gasteiger partial charge >= 0.3 is 0 Å². The molecule has 108 valence electrons. The van der Waals surface area contributed by atoms with E-state index in [0.717, 1.165) is 11.8 Å². The first kappa shape index (κ1) is 14.8. The van der Waals surface area contributed by atoms with Crippen LogP contribution in [0.2, 0.25) is 0 Å². The van der Waals surface area contributed by atoms with E-state index >= 15 is 0 Å². The maximum Gasteiger partial charge on any atom is 0.253 e. The summed E-state index contributed by atoms with van der Waals surface area (Å²) in [6.07, 6.45) is 0. The van der Waals surface area contributed by atoms with Gasteiger partial charge in [0.1, 0.15) is 23.9 Å². The molecule has 1 heterocycles. The zero-order valence-electron chi connectivity index (χ0n) is 11.4. The first-order chi connectivity index (χ1) is 10.1. The number of hydrogen-bond acceptors (Lipinski definition) is 3. The normalized spacial score (nSPS) is 9.86. The van der Waals surface area contributed by atoms with Crippen LogP contribution in [0.15, 0.2) is 34.7 Å². The number of halogens is 1. The highest BCUT2D eigenvalue weighted by molar-refractivity contribution is 5.96. The first-order valence-electron chi connectivity index (χ1n) is 6.33. The number of nitrogens with one attached hydrogen (secondary N) is 1. The minimum atomic E-state index is -0.524. The highest BCUT2D eigenvalue weighted by Gasteiger charge is 2.12. The zero-order chi connectivity index (χ0) is 15.2. The van der Waals surface area contributed by atoms with Crippen LogP contribution in [-0.2, 0) is 6.54 Å². The van der Waals surface area contributed by atoms with Crippen LogP contribution < -0.4 is 5.32 Å². The molecule has 0 aliphatic heterocycles. The average Bonchev–Trinajstić information content (AvgIpc) is 2.89. The summed E-state index contributed by atoms with van der Waals surface area (Å²) in [7, 11) is 0. The van der Waals surface area contributed by atoms with E-state index in [9.17, 15) is 9.18 Å². The zero-order valence-corrected chi connectivity index (χ0v) is 11.4. The summed E-state index contributed by atoms with van der Waals surface area (Å²) >= 11 is 0. The number of carbonyl (C=O) groups is 1. The molecule has 0 atom stereocenters. The second kappa shape index (κ2) is 6.73. The van der Waals surface area contributed by atoms with Crippen molar-refractivity contribution in [1.82, 2.24) is 5.32 Å². The Morgan fingerprint density at radius 3 is 2.86 bits per heavy atom. The van der Waals surface area contributed by atoms with Gasteiger partial charge in [-0.3, -0.25) is 4.79 Å². The Kier molecular flexibility index (Phi) is 4.75. The fourth-order valence-corrected chi connectivity index (χ4v) is 1.79. The molecule has 2 rings (SSSR count). The topological polar surface area (TPSA) is 62.5 Å². The van der Waals surface area contributed by atoms with E-state index in [2.05, 4.69) is 17.2 Å². The van der Waals surface area contributed by atoms with Gasteiger partial charge in [0.25, 0.3) is 5.91 Å². The van der Waals surface area contributed by atoms with Crippen LogP contribution in [0.25, 0.3) is 0 Å². The molecule has 1 aromatic carbocycles. The Balaban J connectivity index is 2.15. The molecule has 0 radical (unpaired) electrons. The Bertz CT molecular complexity index is 710. The summed E-state index contributed by atoms with van der Waals surface area (Å²) in [6, 6.07) is 7.29. The monoisotopic (exact) mass is 287 g/mol. The SMILES string of the molecule is Cc1ccc(CNC(=O)c2cc(F)ccc2C#CCO)o1. The van der Waals surface area contributed by atoms with Gasteiger partial charge in [-0.1, -0.05) is 11.8 Å². The molecule has 0 aliphatic rings. The minimum absolute atomic E-state index is 0.124. The number of furan rings is 1. The summed E-state index contributed by atoms with van der Waals surface area (Å²) in [5.74, 6) is 5.45. The number of aliphatic hydroxyl groups is 1. The minimum Gasteiger partial charge on any atom is -0.465 e. The molecular weight excluding hydrogens is 273 g/mol. The fraction of sp³-hybridized carbons (Fsp3) is 0.188. The van der Waals surface area contributed by atoms with Gasteiger partial charge in [0, 0.05) is 5.56 Å². The number of carbonyl (C=O) groups excluding carboxylic acids is 1. The molecule has 0 aliphatic carbocycles. The van der Waals surface area contributed by atoms with E-state index < -0.39 is 11.7 Å². The van der Waals surface area contributed by atoms with Gasteiger partial charge in [0.05, 0.1) is 12.1 Å². The van der Waals surface area contributed by atoms with Gasteiger partial charge in [-0.15, -0.1) is 0 Å². The summed E-state index contributed by atoms with van der Waals surface area (Å²) in [5, 5.41) is 11.3. The van der Waals surface area contributed by atoms with E-state index in [1.54, 1.807) is 19.1 Å². The predicted molar refractivity (Wildman–Crippen MR) is 75.0 cm³/mol. The van der Waals surface area contributed by atoms with Gasteiger partial charge in [0.2, 0.25) is 0 Å². The van der Waals surface area contributed by atoms with E-state index in [0.29, 0.717) is 11.3 Å². The van der Waals surface area contributed by atoms with Crippen molar-refractivity contribution in [2.45, 2.75) is 13.5 Å². The van der Waals surface area contributed by atoms with Crippen LogP contribution in [0.5, 0.6) is 0 Å². The Labute approximate surface area is 121 Å². The lowest BCUT2D eigenvalue weighted by molar-refractivity contribution is 0.0947. The molecule has 2 aromatic rings. The largest absolute Gasteiger partial charge is 0.465 e. The number of rotatable bonds is 3. The number of benzene rings is 1. The molecule has 0 spiro atoms. The maximum absolute atomic E-state index is 13.3. The Hall–Kier alpha value is -2.58. The molecule has 21 heavy (non-hydrogen) atoms. The van der Waals surface area contributed by atoms with Crippen molar-refractivity contribution in [2.24, 2.45) is 0 Å². The van der Waals surface area contributed by atoms with Crippen molar-refractivity contribution in [1.29, 1.82) is 0 Å². The highest BCUT2D eigenvalue weighted by Crippen LogP contribution is 2.11. The standard InChI is InChI=1S/C16H14FNO3/c1-11-4-7-14(21-11)10-18-16(20)15-9-13(17)6-5-12(15)3-2-8-19/h4-7,9,19H,8,10H2,1H3,(H,18,20). The van der Waals surface area contributed by atoms with E-state index in [4.69, 9.17) is 9.52 Å². The number of hydrogen-bond donors (Lipinski definition) is 2. The maximum atomic E-state index is 13.3. The van der Waals surface area contributed by atoms with E-state index in [-0.39, 0.29) is 18.7 Å². The highest BCUT2D eigenvalue weighted by atomic mass is 19.1. The molecule has 4 nitrogen and oxygen atoms in total. The second-order valence-corrected chi connectivity index (χ2v) is 4.34. The molecule has 0 fully saturated rings. The lowest BCUT2D eigenvalue weighted by Gasteiger charge is -2.06. The molecule has 1 amide bonds. The van der Waals surface area contributed by atoms with Crippen molar-refractivity contribution in [3.8, 4) is 11.8 Å². The Morgan fingerprint density at radius 2 is 2.19 bits per heavy atom. The van der Waals surface area contributed by atoms with Crippen LogP contribution in [0.3, 0.4) is 0 Å². The van der Waals surface area contributed by atoms with Gasteiger partial charge < -0.3 is 14.8 Å². The van der Waals surface area contributed by atoms with Crippen LogP contribution in [-0.4, -0.2) is 17.6 Å². The summed E-state index contributed by atoms with van der Waals surface area (Å²) < 4.78 is 18.6. The molecule has 0 bridgehead atoms. The Morgan fingerprint density at radius 1 is 1.38 bits per heavy atom. The quantitative estimate of drug-likeness (QED) is 0.849. The number of aryl methyl sites for hydroxylation is 1. The molecular formula is C16H14FNO3. The van der Waals surface area contributed by atoms with E-state index in [1.807, 2.05) is 0 Å². The number of aliphatic hydroxyl groups excluding tert-OH is 1. The molecule has 2 N–H and O–H groups in total. The fourth-order valence-electron chi connectivity index (χ4n) is 1.79. The lowest BCUT2D eigenvalue weighted by atomic mass is 10.1. The van der Waals surface area contributed by atoms with Gasteiger partial charge in [-0.05, 0) is 37.3 Å². The van der Waals surface area contributed by atoms with Crippen molar-refractivity contribution < 1.29 is 18.7 Å². The van der Waals surface area contributed by atoms with Crippen molar-refractivity contribution >= 4 is 5.91 Å². The van der Waals surface area contributed by atoms with E-state index in [1.165, 1.54) is 12.1 Å². The molecule has 1 aromatic heterocycles. The summed E-state index contributed by atoms with van der Waals surface area (Å²) in [5.41, 5.74) is 0.484. The predicted octanol–water partition coefficient (Wildman–Crippen LogP) is 2.00. The van der Waals surface area contributed by atoms with Crippen LogP contribution in [0.4, 0.5) is 4.39 Å². The molecule has 0 saturated heterocycles. The summed E-state index contributed by atoms with van der Waals surface area (Å²) in [4.78, 5) is 12.1. The van der Waals surface area contributed by atoms with Crippen molar-refractivity contribution in [3.05, 3.63) is 58.8 Å². The van der Waals surface area contributed by atoms with Crippen LogP contribution in [0.1, 0.15) is 27.4 Å². The molecule has 0 saturated carbocycles. The van der Waals surface area contributed by atoms with Crippen LogP contribution >= 0.6 is 0 Å². The van der Waals surface area contributed by atoms with Gasteiger partial charge in [0.15, 0.2) is 0 Å². The summed E-state index contributed by atoms with van der Waals surface area (Å²) in [6.45, 7) is 1.68. The lowest BCUT2D eigenvalue weighted by Crippen LogP contribution is -2.23. The third kappa shape index (κ3) is 3.94. The third-order valence-electron chi connectivity index (χ3n) is 2.75. The smallest absolute Gasteiger partial charge is 0.253 e. The molecule has 0 unspecified atom stereocenters. The average molecular weight is 287 g/mol. The second-order valence-electron chi connectivity index (χ2n) is 4.34. The van der Waals surface area contributed by atoms with Gasteiger partial charge in [-0.2, -0.15) is 0 Å². The third-order valence-corrected chi connectivity index (χ3v) is 2.75. The van der Waals surface area contributed by atoms with Crippen LogP contribution in [0, 0.1) is 24.6 Å².